The van der Waals surface area contributed by atoms with E-state index in [1.165, 1.54) is 10.4 Å². The van der Waals surface area contributed by atoms with Crippen LogP contribution in [-0.2, 0) is 10.0 Å². The van der Waals surface area contributed by atoms with Crippen LogP contribution in [0, 0.1) is 6.92 Å². The van der Waals surface area contributed by atoms with E-state index in [4.69, 9.17) is 13.9 Å². The van der Waals surface area contributed by atoms with Gasteiger partial charge < -0.3 is 24.1 Å². The van der Waals surface area contributed by atoms with Gasteiger partial charge in [-0.2, -0.15) is 4.31 Å². The fraction of sp³-hybridized carbons (Fsp3) is 0.375. The summed E-state index contributed by atoms with van der Waals surface area (Å²) in [6.07, 6.45) is -2.39. The molecule has 2 aromatic carbocycles. The Morgan fingerprint density at radius 3 is 2.26 bits per heavy atom. The molecule has 1 aromatic heterocycles. The van der Waals surface area contributed by atoms with Crippen molar-refractivity contribution < 1.29 is 32.5 Å². The van der Waals surface area contributed by atoms with E-state index in [-0.39, 0.29) is 18.0 Å². The summed E-state index contributed by atoms with van der Waals surface area (Å²) in [6.45, 7) is 2.90. The first-order chi connectivity index (χ1) is 18.3. The van der Waals surface area contributed by atoms with Crippen molar-refractivity contribution in [2.45, 2.75) is 35.0 Å². The number of nitrogens with zero attached hydrogens (tertiary/aromatic N) is 3. The molecule has 2 N–H and O–H groups in total. The molecule has 0 saturated carbocycles. The first-order valence-electron chi connectivity index (χ1n) is 12.9. The van der Waals surface area contributed by atoms with Crippen molar-refractivity contribution in [3.8, 4) is 11.5 Å². The molecule has 15 heteroatoms. The summed E-state index contributed by atoms with van der Waals surface area (Å²) in [4.78, 5) is 6.24. The quantitative estimate of drug-likeness (QED) is 0.262. The number of rotatable bonds is 5. The van der Waals surface area contributed by atoms with Gasteiger partial charge >= 0.3 is 0 Å². The van der Waals surface area contributed by atoms with Gasteiger partial charge in [0.15, 0.2) is 23.0 Å². The van der Waals surface area contributed by atoms with Crippen LogP contribution in [0.3, 0.4) is 0 Å². The Morgan fingerprint density at radius 2 is 1.59 bits per heavy atom. The summed E-state index contributed by atoms with van der Waals surface area (Å²) in [5.41, 5.74) is 3.41. The predicted octanol–water partition coefficient (Wildman–Crippen LogP) is -2.58. The molecule has 4 heterocycles. The number of aliphatic hydroxyl groups is 2. The number of ether oxygens (including phenoxy) is 2. The number of aryl methyl sites for hydroxylation is 1. The summed E-state index contributed by atoms with van der Waals surface area (Å²) in [5, 5.41) is 20.8. The van der Waals surface area contributed by atoms with Crippen molar-refractivity contribution in [3.05, 3.63) is 59.0 Å². The lowest BCUT2D eigenvalue weighted by Gasteiger charge is -2.47. The molecular formula is C24H29B4N3O7S. The summed E-state index contributed by atoms with van der Waals surface area (Å²) in [6, 6.07) is 9.97. The number of hydrogen-bond donors (Lipinski definition) is 2. The molecule has 3 aliphatic rings. The molecule has 6 rings (SSSR count). The van der Waals surface area contributed by atoms with Crippen LogP contribution >= 0.6 is 0 Å². The average Bonchev–Trinajstić information content (AvgIpc) is 3.55. The Bertz CT molecular complexity index is 1610. The van der Waals surface area contributed by atoms with Gasteiger partial charge in [-0.25, -0.2) is 13.4 Å². The van der Waals surface area contributed by atoms with Crippen molar-refractivity contribution >= 4 is 52.5 Å². The zero-order valence-electron chi connectivity index (χ0n) is 22.6. The fourth-order valence-corrected chi connectivity index (χ4v) is 6.82. The molecule has 0 radical (unpaired) electrons. The molecule has 0 amide bonds. The van der Waals surface area contributed by atoms with Crippen LogP contribution in [0.5, 0.6) is 11.5 Å². The number of fused-ring (bicyclic) bond motifs is 2. The van der Waals surface area contributed by atoms with Crippen molar-refractivity contribution in [1.29, 1.82) is 0 Å². The summed E-state index contributed by atoms with van der Waals surface area (Å²) < 4.78 is 46.4. The second kappa shape index (κ2) is 8.90. The van der Waals surface area contributed by atoms with Gasteiger partial charge in [0.25, 0.3) is 0 Å². The molecule has 39 heavy (non-hydrogen) atoms. The van der Waals surface area contributed by atoms with E-state index >= 15 is 0 Å². The molecule has 2 atom stereocenters. The monoisotopic (exact) mass is 547 g/mol. The highest BCUT2D eigenvalue weighted by molar-refractivity contribution is 7.89. The summed E-state index contributed by atoms with van der Waals surface area (Å²) >= 11 is 0. The van der Waals surface area contributed by atoms with E-state index in [9.17, 15) is 18.6 Å². The van der Waals surface area contributed by atoms with Gasteiger partial charge in [0, 0.05) is 44.7 Å². The Morgan fingerprint density at radius 1 is 0.949 bits per heavy atom. The average molecular weight is 547 g/mol. The van der Waals surface area contributed by atoms with Gasteiger partial charge in [0.1, 0.15) is 49.2 Å². The number of sulfonamides is 1. The Balaban J connectivity index is 1.15. The van der Waals surface area contributed by atoms with Crippen LogP contribution in [0.2, 0.25) is 0 Å². The maximum Gasteiger partial charge on any atom is 0.243 e. The topological polar surface area (TPSA) is 126 Å². The number of benzene rings is 2. The van der Waals surface area contributed by atoms with Crippen molar-refractivity contribution in [2.75, 3.05) is 26.2 Å². The number of oxazole rings is 1. The smallest absolute Gasteiger partial charge is 0.243 e. The minimum atomic E-state index is -3.79. The van der Waals surface area contributed by atoms with Crippen molar-refractivity contribution in [3.63, 3.8) is 0 Å². The number of para-hydroxylation sites is 1. The Kier molecular flexibility index (Phi) is 6.05. The van der Waals surface area contributed by atoms with Gasteiger partial charge in [-0.3, -0.25) is 4.90 Å². The Hall–Kier alpha value is -2.70. The van der Waals surface area contributed by atoms with Gasteiger partial charge in [-0.1, -0.05) is 12.1 Å². The van der Waals surface area contributed by atoms with Crippen LogP contribution in [0.25, 0.3) is 11.1 Å². The standard InChI is InChI=1S/C24H29B4N3O7S/c1-12-29-20-16(3-2-4-18(20)36-12)21(32)22(33)30-8-13-10-31(11-14(13)9-30)39(34,35)15-5-6-17-19(7-15)38-24(27,28)23(25,26)37-17/h2-7,21-22,32-33H,8-11,25-28H2,1H3. The third-order valence-electron chi connectivity index (χ3n) is 8.29. The molecule has 10 nitrogen and oxygen atoms in total. The largest absolute Gasteiger partial charge is 0.499 e. The molecule has 0 fully saturated rings. The lowest BCUT2D eigenvalue weighted by molar-refractivity contribution is -0.0744. The second-order valence-electron chi connectivity index (χ2n) is 11.5. The maximum absolute atomic E-state index is 13.6. The van der Waals surface area contributed by atoms with E-state index in [0.29, 0.717) is 47.1 Å². The molecule has 200 valence electrons. The Labute approximate surface area is 230 Å². The molecule has 3 aliphatic heterocycles. The minimum absolute atomic E-state index is 0.143. The normalized spacial score (nSPS) is 22.2. The number of aromatic nitrogens is 1. The highest BCUT2D eigenvalue weighted by Gasteiger charge is 2.45. The molecule has 3 aromatic rings. The zero-order chi connectivity index (χ0) is 27.9. The van der Waals surface area contributed by atoms with Crippen molar-refractivity contribution in [2.24, 2.45) is 0 Å². The van der Waals surface area contributed by atoms with E-state index < -0.39 is 33.2 Å². The van der Waals surface area contributed by atoms with E-state index in [1.807, 2.05) is 31.4 Å². The molecule has 0 saturated heterocycles. The summed E-state index contributed by atoms with van der Waals surface area (Å²) in [7, 11) is 3.91. The van der Waals surface area contributed by atoms with Crippen LogP contribution in [0.15, 0.2) is 56.9 Å². The minimum Gasteiger partial charge on any atom is -0.499 e. The van der Waals surface area contributed by atoms with E-state index in [0.717, 1.165) is 11.1 Å². The van der Waals surface area contributed by atoms with Crippen LogP contribution < -0.4 is 9.47 Å². The molecular weight excluding hydrogens is 518 g/mol. The van der Waals surface area contributed by atoms with Crippen LogP contribution in [-0.4, -0.2) is 107 Å². The third kappa shape index (κ3) is 4.31. The highest BCUT2D eigenvalue weighted by Crippen LogP contribution is 2.41. The molecule has 0 bridgehead atoms. The summed E-state index contributed by atoms with van der Waals surface area (Å²) in [5.74, 6) is 1.40. The third-order valence-corrected chi connectivity index (χ3v) is 10.1. The first-order valence-corrected chi connectivity index (χ1v) is 14.4. The van der Waals surface area contributed by atoms with E-state index in [1.54, 1.807) is 42.2 Å². The predicted molar refractivity (Wildman–Crippen MR) is 154 cm³/mol. The molecule has 0 spiro atoms. The fourth-order valence-electron chi connectivity index (χ4n) is 5.37. The van der Waals surface area contributed by atoms with Gasteiger partial charge in [-0.15, -0.1) is 0 Å². The lowest BCUT2D eigenvalue weighted by atomic mass is 9.41. The molecule has 0 aliphatic carbocycles. The van der Waals surface area contributed by atoms with Crippen LogP contribution in [0.1, 0.15) is 17.6 Å². The van der Waals surface area contributed by atoms with Gasteiger partial charge in [-0.05, 0) is 29.3 Å². The molecule has 2 unspecified atom stereocenters. The lowest BCUT2D eigenvalue weighted by Crippen LogP contribution is -2.65. The van der Waals surface area contributed by atoms with Crippen molar-refractivity contribution in [1.82, 2.24) is 14.2 Å². The first kappa shape index (κ1) is 26.5. The second-order valence-corrected chi connectivity index (χ2v) is 13.4. The van der Waals surface area contributed by atoms with Gasteiger partial charge in [0.2, 0.25) is 10.0 Å². The number of aliphatic hydroxyl groups excluding tert-OH is 2. The van der Waals surface area contributed by atoms with E-state index in [2.05, 4.69) is 4.98 Å². The zero-order valence-corrected chi connectivity index (χ0v) is 23.4. The maximum atomic E-state index is 13.6. The van der Waals surface area contributed by atoms with Crippen LogP contribution in [0.4, 0.5) is 0 Å². The number of hydrogen-bond acceptors (Lipinski definition) is 9. The highest BCUT2D eigenvalue weighted by atomic mass is 32.2. The van der Waals surface area contributed by atoms with Gasteiger partial charge in [0.05, 0.1) is 15.7 Å². The SMILES string of the molecule is BC1(B)Oc2ccc(S(=O)(=O)N3CC4=C(CN(C(O)C(O)c5cccc6oc(C)nc56)C4)C3)cc2OC1(B)B.